The van der Waals surface area contributed by atoms with Crippen LogP contribution in [0.15, 0.2) is 72.3 Å². The number of nitrogens with zero attached hydrogens (tertiary/aromatic N) is 1. The number of ketones is 1. The molecule has 1 saturated heterocycles. The molecular formula is C25H20ClNO4. The third-order valence-corrected chi connectivity index (χ3v) is 5.73. The summed E-state index contributed by atoms with van der Waals surface area (Å²) in [4.78, 5) is 27.5. The first-order valence-corrected chi connectivity index (χ1v) is 10.1. The van der Waals surface area contributed by atoms with Gasteiger partial charge in [0.2, 0.25) is 0 Å². The second kappa shape index (κ2) is 7.93. The first-order chi connectivity index (χ1) is 14.8. The Morgan fingerprint density at radius 1 is 0.935 bits per heavy atom. The largest absolute Gasteiger partial charge is 0.508 e. The van der Waals surface area contributed by atoms with Crippen LogP contribution in [0.4, 0.5) is 5.69 Å². The van der Waals surface area contributed by atoms with Crippen LogP contribution < -0.4 is 4.90 Å². The Morgan fingerprint density at radius 2 is 1.68 bits per heavy atom. The monoisotopic (exact) mass is 433 g/mol. The minimum atomic E-state index is -0.924. The molecule has 2 N–H and O–H groups in total. The Kier molecular flexibility index (Phi) is 5.29. The minimum Gasteiger partial charge on any atom is -0.508 e. The van der Waals surface area contributed by atoms with Crippen molar-refractivity contribution in [2.24, 2.45) is 0 Å². The number of aromatic hydroxyl groups is 1. The van der Waals surface area contributed by atoms with Gasteiger partial charge in [0.1, 0.15) is 11.5 Å². The highest BCUT2D eigenvalue weighted by atomic mass is 35.5. The highest BCUT2D eigenvalue weighted by molar-refractivity contribution is 6.51. The summed E-state index contributed by atoms with van der Waals surface area (Å²) in [6.45, 7) is 3.85. The van der Waals surface area contributed by atoms with Crippen LogP contribution in [0.5, 0.6) is 5.75 Å². The molecule has 0 radical (unpaired) electrons. The zero-order valence-corrected chi connectivity index (χ0v) is 17.7. The van der Waals surface area contributed by atoms with Crippen LogP contribution in [0.2, 0.25) is 5.02 Å². The van der Waals surface area contributed by atoms with Crippen molar-refractivity contribution in [2.45, 2.75) is 19.9 Å². The molecule has 0 aromatic heterocycles. The molecule has 3 aromatic carbocycles. The lowest BCUT2D eigenvalue weighted by Crippen LogP contribution is -2.29. The smallest absolute Gasteiger partial charge is 0.300 e. The van der Waals surface area contributed by atoms with Gasteiger partial charge in [0.15, 0.2) is 0 Å². The van der Waals surface area contributed by atoms with E-state index >= 15 is 0 Å². The summed E-state index contributed by atoms with van der Waals surface area (Å²) < 4.78 is 0. The van der Waals surface area contributed by atoms with E-state index in [9.17, 15) is 19.8 Å². The van der Waals surface area contributed by atoms with Crippen molar-refractivity contribution in [2.75, 3.05) is 4.90 Å². The average molecular weight is 434 g/mol. The molecule has 1 fully saturated rings. The van der Waals surface area contributed by atoms with E-state index in [1.807, 2.05) is 19.9 Å². The van der Waals surface area contributed by atoms with Gasteiger partial charge in [-0.1, -0.05) is 41.9 Å². The molecule has 1 unspecified atom stereocenters. The molecule has 1 aliphatic rings. The molecule has 0 spiro atoms. The van der Waals surface area contributed by atoms with Crippen LogP contribution in [0.25, 0.3) is 5.76 Å². The van der Waals surface area contributed by atoms with E-state index in [2.05, 4.69) is 0 Å². The molecule has 1 heterocycles. The maximum atomic E-state index is 13.1. The average Bonchev–Trinajstić information content (AvgIpc) is 3.00. The van der Waals surface area contributed by atoms with Crippen LogP contribution in [0.1, 0.15) is 28.3 Å². The van der Waals surface area contributed by atoms with Gasteiger partial charge in [-0.05, 0) is 66.9 Å². The number of carbonyl (C=O) groups excluding carboxylic acids is 2. The number of hydrogen-bond donors (Lipinski definition) is 2. The summed E-state index contributed by atoms with van der Waals surface area (Å²) in [5.74, 6) is -1.86. The summed E-state index contributed by atoms with van der Waals surface area (Å²) in [7, 11) is 0. The number of phenolic OH excluding ortho intramolecular Hbond substituents is 1. The van der Waals surface area contributed by atoms with Crippen molar-refractivity contribution >= 4 is 34.7 Å². The topological polar surface area (TPSA) is 77.8 Å². The Labute approximate surface area is 184 Å². The van der Waals surface area contributed by atoms with Crippen LogP contribution in [0.3, 0.4) is 0 Å². The molecule has 0 saturated carbocycles. The Bertz CT molecular complexity index is 1250. The molecule has 6 heteroatoms. The third kappa shape index (κ3) is 3.68. The number of aryl methyl sites for hydroxylation is 2. The molecule has 3 aromatic rings. The highest BCUT2D eigenvalue weighted by Gasteiger charge is 2.47. The fourth-order valence-electron chi connectivity index (χ4n) is 3.78. The molecule has 1 amide bonds. The van der Waals surface area contributed by atoms with Gasteiger partial charge in [0.25, 0.3) is 11.7 Å². The fraction of sp³-hybridized carbons (Fsp3) is 0.120. The summed E-state index contributed by atoms with van der Waals surface area (Å²) in [6, 6.07) is 17.3. The lowest BCUT2D eigenvalue weighted by atomic mass is 9.94. The predicted molar refractivity (Wildman–Crippen MR) is 120 cm³/mol. The Morgan fingerprint density at radius 3 is 2.35 bits per heavy atom. The third-order valence-electron chi connectivity index (χ3n) is 5.50. The molecular weight excluding hydrogens is 414 g/mol. The van der Waals surface area contributed by atoms with Gasteiger partial charge in [-0.15, -0.1) is 0 Å². The van der Waals surface area contributed by atoms with Gasteiger partial charge in [-0.2, -0.15) is 0 Å². The van der Waals surface area contributed by atoms with Gasteiger partial charge in [0, 0.05) is 16.3 Å². The summed E-state index contributed by atoms with van der Waals surface area (Å²) in [5.41, 5.74) is 3.30. The van der Waals surface area contributed by atoms with E-state index < -0.39 is 17.7 Å². The van der Waals surface area contributed by atoms with Gasteiger partial charge in [-0.3, -0.25) is 14.5 Å². The highest BCUT2D eigenvalue weighted by Crippen LogP contribution is 2.43. The van der Waals surface area contributed by atoms with Crippen molar-refractivity contribution in [3.05, 3.63) is 99.6 Å². The summed E-state index contributed by atoms with van der Waals surface area (Å²) in [5, 5.41) is 21.6. The molecule has 1 aliphatic heterocycles. The van der Waals surface area contributed by atoms with Crippen LogP contribution in [-0.4, -0.2) is 21.9 Å². The first-order valence-electron chi connectivity index (χ1n) is 9.71. The van der Waals surface area contributed by atoms with E-state index in [1.165, 1.54) is 17.0 Å². The van der Waals surface area contributed by atoms with E-state index in [0.29, 0.717) is 21.8 Å². The maximum absolute atomic E-state index is 13.1. The quantitative estimate of drug-likeness (QED) is 0.334. The molecule has 0 aliphatic carbocycles. The molecule has 5 nitrogen and oxygen atoms in total. The van der Waals surface area contributed by atoms with E-state index in [4.69, 9.17) is 11.6 Å². The number of anilines is 1. The first kappa shape index (κ1) is 20.7. The summed E-state index contributed by atoms with van der Waals surface area (Å²) in [6.07, 6.45) is 0. The van der Waals surface area contributed by atoms with Gasteiger partial charge < -0.3 is 10.2 Å². The fourth-order valence-corrected chi connectivity index (χ4v) is 3.96. The second-order valence-electron chi connectivity index (χ2n) is 7.54. The number of aliphatic hydroxyl groups excluding tert-OH is 1. The van der Waals surface area contributed by atoms with Gasteiger partial charge >= 0.3 is 0 Å². The SMILES string of the molecule is Cc1ccc(/C(O)=C2\C(=O)C(=O)N(c3cccc(Cl)c3)C2c2cccc(O)c2)cc1C. The Hall–Kier alpha value is -3.57. The lowest BCUT2D eigenvalue weighted by molar-refractivity contribution is -0.132. The number of phenols is 1. The lowest BCUT2D eigenvalue weighted by Gasteiger charge is -2.25. The number of hydrogen-bond acceptors (Lipinski definition) is 4. The normalized spacial score (nSPS) is 17.9. The van der Waals surface area contributed by atoms with Crippen molar-refractivity contribution < 1.29 is 19.8 Å². The van der Waals surface area contributed by atoms with Crippen molar-refractivity contribution in [3.8, 4) is 5.75 Å². The zero-order chi connectivity index (χ0) is 22.3. The molecule has 0 bridgehead atoms. The number of Topliss-reactive ketones (excluding diaryl/α,β-unsaturated/α-hetero) is 1. The summed E-state index contributed by atoms with van der Waals surface area (Å²) >= 11 is 6.13. The number of amides is 1. The van der Waals surface area contributed by atoms with Crippen LogP contribution >= 0.6 is 11.6 Å². The molecule has 156 valence electrons. The van der Waals surface area contributed by atoms with Gasteiger partial charge in [-0.25, -0.2) is 0 Å². The van der Waals surface area contributed by atoms with Crippen molar-refractivity contribution in [1.29, 1.82) is 0 Å². The van der Waals surface area contributed by atoms with E-state index in [0.717, 1.165) is 11.1 Å². The molecule has 4 rings (SSSR count). The van der Waals surface area contributed by atoms with E-state index in [1.54, 1.807) is 48.5 Å². The number of rotatable bonds is 3. The number of carbonyl (C=O) groups is 2. The number of benzene rings is 3. The molecule has 31 heavy (non-hydrogen) atoms. The number of aliphatic hydroxyl groups is 1. The zero-order valence-electron chi connectivity index (χ0n) is 17.0. The van der Waals surface area contributed by atoms with Crippen molar-refractivity contribution in [1.82, 2.24) is 0 Å². The predicted octanol–water partition coefficient (Wildman–Crippen LogP) is 5.29. The van der Waals surface area contributed by atoms with Gasteiger partial charge in [0.05, 0.1) is 11.6 Å². The Balaban J connectivity index is 1.97. The molecule has 1 atom stereocenters. The maximum Gasteiger partial charge on any atom is 0.300 e. The van der Waals surface area contributed by atoms with Crippen LogP contribution in [-0.2, 0) is 9.59 Å². The standard InChI is InChI=1S/C25H20ClNO4/c1-14-9-10-17(11-15(14)2)23(29)21-22(16-5-3-8-20(28)12-16)27(25(31)24(21)30)19-7-4-6-18(26)13-19/h3-13,22,28-29H,1-2H3/b23-21+. The number of halogens is 1. The minimum absolute atomic E-state index is 0.0136. The van der Waals surface area contributed by atoms with E-state index in [-0.39, 0.29) is 17.1 Å². The second-order valence-corrected chi connectivity index (χ2v) is 7.98. The van der Waals surface area contributed by atoms with Crippen LogP contribution in [0, 0.1) is 13.8 Å². The van der Waals surface area contributed by atoms with Crippen molar-refractivity contribution in [3.63, 3.8) is 0 Å².